The molecule has 0 heterocycles. The van der Waals surface area contributed by atoms with Gasteiger partial charge in [0.25, 0.3) is 5.91 Å². The summed E-state index contributed by atoms with van der Waals surface area (Å²) in [6.45, 7) is 15.4. The molecule has 0 saturated heterocycles. The average Bonchev–Trinajstić information content (AvgIpc) is 2.70. The molecule has 1 amide bonds. The van der Waals surface area contributed by atoms with Crippen LogP contribution in [0.15, 0.2) is 48.5 Å². The van der Waals surface area contributed by atoms with E-state index in [2.05, 4.69) is 69.1 Å². The Morgan fingerprint density at radius 3 is 2.21 bits per heavy atom. The molecule has 0 aliphatic heterocycles. The predicted molar refractivity (Wildman–Crippen MR) is 120 cm³/mol. The minimum atomic E-state index is -0.100. The van der Waals surface area contributed by atoms with Crippen LogP contribution in [0, 0.1) is 6.92 Å². The van der Waals surface area contributed by atoms with Crippen LogP contribution < -0.4 is 10.1 Å². The lowest BCUT2D eigenvalue weighted by atomic mass is 9.86. The molecule has 0 fully saturated rings. The third-order valence-corrected chi connectivity index (χ3v) is 5.36. The fourth-order valence-electron chi connectivity index (χ4n) is 3.45. The van der Waals surface area contributed by atoms with Crippen molar-refractivity contribution in [3.8, 4) is 5.75 Å². The number of nitrogens with zero attached hydrogens (tertiary/aromatic N) is 1. The molecule has 1 atom stereocenters. The van der Waals surface area contributed by atoms with Crippen LogP contribution in [0.25, 0.3) is 0 Å². The molecule has 2 rings (SSSR count). The Bertz CT molecular complexity index is 774. The van der Waals surface area contributed by atoms with Gasteiger partial charge in [-0.15, -0.1) is 0 Å². The number of ether oxygens (including phenoxy) is 1. The first-order chi connectivity index (χ1) is 13.8. The molecule has 0 radical (unpaired) electrons. The van der Waals surface area contributed by atoms with E-state index in [0.29, 0.717) is 6.54 Å². The second-order valence-electron chi connectivity index (χ2n) is 8.47. The van der Waals surface area contributed by atoms with Gasteiger partial charge in [-0.05, 0) is 48.2 Å². The monoisotopic (exact) mass is 396 g/mol. The molecule has 158 valence electrons. The van der Waals surface area contributed by atoms with E-state index >= 15 is 0 Å². The maximum absolute atomic E-state index is 12.4. The van der Waals surface area contributed by atoms with Crippen LogP contribution >= 0.6 is 0 Å². The predicted octanol–water partition coefficient (Wildman–Crippen LogP) is 4.87. The van der Waals surface area contributed by atoms with Crippen molar-refractivity contribution in [3.63, 3.8) is 0 Å². The Morgan fingerprint density at radius 1 is 1.03 bits per heavy atom. The van der Waals surface area contributed by atoms with Crippen molar-refractivity contribution in [2.24, 2.45) is 0 Å². The van der Waals surface area contributed by atoms with E-state index in [1.54, 1.807) is 0 Å². The van der Waals surface area contributed by atoms with Gasteiger partial charge in [0, 0.05) is 6.54 Å². The third-order valence-electron chi connectivity index (χ3n) is 5.36. The third kappa shape index (κ3) is 6.60. The molecule has 0 aliphatic rings. The molecule has 2 aromatic rings. The van der Waals surface area contributed by atoms with Crippen molar-refractivity contribution in [1.82, 2.24) is 10.2 Å². The fraction of sp³-hybridized carbons (Fsp3) is 0.480. The molecule has 0 saturated carbocycles. The minimum Gasteiger partial charge on any atom is -0.484 e. The molecule has 0 aliphatic carbocycles. The van der Waals surface area contributed by atoms with Crippen LogP contribution in [0.3, 0.4) is 0 Å². The zero-order valence-electron chi connectivity index (χ0n) is 18.8. The SMILES string of the molecule is CCN(CC)[C@@H](CNC(=O)COc1ccccc1C)c1ccc(C(C)(C)C)cc1. The largest absolute Gasteiger partial charge is 0.484 e. The summed E-state index contributed by atoms with van der Waals surface area (Å²) in [6.07, 6.45) is 0. The molecule has 4 heteroatoms. The van der Waals surface area contributed by atoms with Crippen molar-refractivity contribution in [2.75, 3.05) is 26.2 Å². The van der Waals surface area contributed by atoms with Gasteiger partial charge in [-0.25, -0.2) is 0 Å². The lowest BCUT2D eigenvalue weighted by Gasteiger charge is -2.31. The van der Waals surface area contributed by atoms with E-state index in [9.17, 15) is 4.79 Å². The number of carbonyl (C=O) groups is 1. The number of carbonyl (C=O) groups excluding carboxylic acids is 1. The number of aryl methyl sites for hydroxylation is 1. The Labute approximate surface area is 176 Å². The van der Waals surface area contributed by atoms with Gasteiger partial charge < -0.3 is 10.1 Å². The van der Waals surface area contributed by atoms with Gasteiger partial charge in [0.1, 0.15) is 5.75 Å². The fourth-order valence-corrected chi connectivity index (χ4v) is 3.45. The molecule has 4 nitrogen and oxygen atoms in total. The topological polar surface area (TPSA) is 41.6 Å². The molecule has 0 unspecified atom stereocenters. The number of rotatable bonds is 9. The summed E-state index contributed by atoms with van der Waals surface area (Å²) in [7, 11) is 0. The second-order valence-corrected chi connectivity index (χ2v) is 8.47. The van der Waals surface area contributed by atoms with Gasteiger partial charge in [0.15, 0.2) is 6.61 Å². The van der Waals surface area contributed by atoms with Crippen molar-refractivity contribution in [2.45, 2.75) is 53.0 Å². The van der Waals surface area contributed by atoms with Gasteiger partial charge in [-0.1, -0.05) is 77.1 Å². The average molecular weight is 397 g/mol. The lowest BCUT2D eigenvalue weighted by Crippen LogP contribution is -2.39. The number of likely N-dealkylation sites (N-methyl/N-ethyl adjacent to an activating group) is 1. The Hall–Kier alpha value is -2.33. The summed E-state index contributed by atoms with van der Waals surface area (Å²) < 4.78 is 5.68. The number of para-hydroxylation sites is 1. The van der Waals surface area contributed by atoms with E-state index in [1.807, 2.05) is 31.2 Å². The molecule has 0 spiro atoms. The number of benzene rings is 2. The van der Waals surface area contributed by atoms with Gasteiger partial charge in [0.05, 0.1) is 6.04 Å². The zero-order chi connectivity index (χ0) is 21.4. The first-order valence-electron chi connectivity index (χ1n) is 10.6. The summed E-state index contributed by atoms with van der Waals surface area (Å²) in [5.74, 6) is 0.650. The van der Waals surface area contributed by atoms with Crippen LogP contribution in [0.1, 0.15) is 57.4 Å². The quantitative estimate of drug-likeness (QED) is 0.657. The molecule has 2 aromatic carbocycles. The van der Waals surface area contributed by atoms with Crippen molar-refractivity contribution < 1.29 is 9.53 Å². The van der Waals surface area contributed by atoms with Gasteiger partial charge in [0.2, 0.25) is 0 Å². The first-order valence-corrected chi connectivity index (χ1v) is 10.6. The highest BCUT2D eigenvalue weighted by Gasteiger charge is 2.20. The lowest BCUT2D eigenvalue weighted by molar-refractivity contribution is -0.123. The molecular weight excluding hydrogens is 360 g/mol. The standard InChI is InChI=1S/C25H36N2O2/c1-7-27(8-2)22(20-13-15-21(16-14-20)25(4,5)6)17-26-24(28)18-29-23-12-10-9-11-19(23)3/h9-16,22H,7-8,17-18H2,1-6H3,(H,26,28)/t22-/m0/s1. The van der Waals surface area contributed by atoms with Crippen LogP contribution in [-0.4, -0.2) is 37.0 Å². The van der Waals surface area contributed by atoms with Crippen LogP contribution in [0.2, 0.25) is 0 Å². The van der Waals surface area contributed by atoms with Crippen LogP contribution in [0.5, 0.6) is 5.75 Å². The number of hydrogen-bond acceptors (Lipinski definition) is 3. The Kier molecular flexibility index (Phi) is 8.27. The molecule has 0 aromatic heterocycles. The van der Waals surface area contributed by atoms with E-state index in [1.165, 1.54) is 11.1 Å². The number of nitrogens with one attached hydrogen (secondary N) is 1. The Morgan fingerprint density at radius 2 is 1.66 bits per heavy atom. The van der Waals surface area contributed by atoms with Crippen LogP contribution in [0.4, 0.5) is 0 Å². The molecule has 29 heavy (non-hydrogen) atoms. The molecule has 1 N–H and O–H groups in total. The number of amides is 1. The maximum Gasteiger partial charge on any atom is 0.258 e. The minimum absolute atomic E-state index is 0.0266. The van der Waals surface area contributed by atoms with Crippen LogP contribution in [-0.2, 0) is 10.2 Å². The van der Waals surface area contributed by atoms with Gasteiger partial charge >= 0.3 is 0 Å². The summed E-state index contributed by atoms with van der Waals surface area (Å²) >= 11 is 0. The summed E-state index contributed by atoms with van der Waals surface area (Å²) in [5, 5.41) is 3.06. The highest BCUT2D eigenvalue weighted by atomic mass is 16.5. The smallest absolute Gasteiger partial charge is 0.258 e. The van der Waals surface area contributed by atoms with Gasteiger partial charge in [-0.3, -0.25) is 9.69 Å². The molecular formula is C25H36N2O2. The highest BCUT2D eigenvalue weighted by molar-refractivity contribution is 5.77. The highest BCUT2D eigenvalue weighted by Crippen LogP contribution is 2.26. The van der Waals surface area contributed by atoms with Crippen molar-refractivity contribution in [3.05, 3.63) is 65.2 Å². The van der Waals surface area contributed by atoms with E-state index in [0.717, 1.165) is 24.4 Å². The first kappa shape index (κ1) is 23.0. The maximum atomic E-state index is 12.4. The van der Waals surface area contributed by atoms with E-state index in [4.69, 9.17) is 4.74 Å². The normalized spacial score (nSPS) is 12.7. The Balaban J connectivity index is 2.03. The van der Waals surface area contributed by atoms with Crippen molar-refractivity contribution in [1.29, 1.82) is 0 Å². The van der Waals surface area contributed by atoms with E-state index in [-0.39, 0.29) is 24.0 Å². The zero-order valence-corrected chi connectivity index (χ0v) is 18.8. The summed E-state index contributed by atoms with van der Waals surface area (Å²) in [6, 6.07) is 16.7. The van der Waals surface area contributed by atoms with E-state index < -0.39 is 0 Å². The number of hydrogen-bond donors (Lipinski definition) is 1. The van der Waals surface area contributed by atoms with Gasteiger partial charge in [-0.2, -0.15) is 0 Å². The summed E-state index contributed by atoms with van der Waals surface area (Å²) in [4.78, 5) is 14.8. The summed E-state index contributed by atoms with van der Waals surface area (Å²) in [5.41, 5.74) is 3.70. The second kappa shape index (κ2) is 10.4. The molecule has 0 bridgehead atoms. The van der Waals surface area contributed by atoms with Crippen molar-refractivity contribution >= 4 is 5.91 Å².